The molecular formula is C17H19ClN2OS2. The average molecular weight is 367 g/mol. The molecule has 0 radical (unpaired) electrons. The molecule has 2 N–H and O–H groups in total. The minimum Gasteiger partial charge on any atom is -0.495 e. The van der Waals surface area contributed by atoms with Gasteiger partial charge in [-0.15, -0.1) is 0 Å². The monoisotopic (exact) mass is 366 g/mol. The first-order chi connectivity index (χ1) is 11.2. The number of rotatable bonds is 7. The Morgan fingerprint density at radius 2 is 2.00 bits per heavy atom. The van der Waals surface area contributed by atoms with Crippen LogP contribution in [0.5, 0.6) is 5.75 Å². The van der Waals surface area contributed by atoms with E-state index in [0.717, 1.165) is 23.7 Å². The zero-order valence-electron chi connectivity index (χ0n) is 12.8. The van der Waals surface area contributed by atoms with Crippen LogP contribution >= 0.6 is 35.6 Å². The van der Waals surface area contributed by atoms with E-state index in [9.17, 15) is 0 Å². The van der Waals surface area contributed by atoms with Crippen molar-refractivity contribution < 1.29 is 4.74 Å². The second-order valence-corrected chi connectivity index (χ2v) is 6.69. The number of benzene rings is 2. The molecule has 23 heavy (non-hydrogen) atoms. The van der Waals surface area contributed by atoms with Crippen LogP contribution in [-0.4, -0.2) is 24.5 Å². The fraction of sp³-hybridized carbons (Fsp3) is 0.235. The van der Waals surface area contributed by atoms with Crippen LogP contribution in [0.2, 0.25) is 5.02 Å². The van der Waals surface area contributed by atoms with E-state index >= 15 is 0 Å². The van der Waals surface area contributed by atoms with Gasteiger partial charge in [0.2, 0.25) is 0 Å². The number of thiocarbonyl (C=S) groups is 1. The van der Waals surface area contributed by atoms with Gasteiger partial charge in [0, 0.05) is 23.7 Å². The largest absolute Gasteiger partial charge is 0.495 e. The minimum atomic E-state index is 0.554. The Morgan fingerprint density at radius 1 is 1.22 bits per heavy atom. The molecule has 0 amide bonds. The molecule has 0 spiro atoms. The fourth-order valence-corrected chi connectivity index (χ4v) is 3.22. The van der Waals surface area contributed by atoms with Gasteiger partial charge in [-0.1, -0.05) is 41.9 Å². The summed E-state index contributed by atoms with van der Waals surface area (Å²) in [4.78, 5) is 0. The summed E-state index contributed by atoms with van der Waals surface area (Å²) in [7, 11) is 1.59. The first kappa shape index (κ1) is 17.9. The average Bonchev–Trinajstić information content (AvgIpc) is 2.56. The molecule has 0 saturated heterocycles. The number of halogens is 1. The Kier molecular flexibility index (Phi) is 7.52. The van der Waals surface area contributed by atoms with Crippen LogP contribution in [0.1, 0.15) is 5.56 Å². The maximum Gasteiger partial charge on any atom is 0.170 e. The summed E-state index contributed by atoms with van der Waals surface area (Å²) < 4.78 is 5.12. The number of thioether (sulfide) groups is 1. The Bertz CT molecular complexity index is 638. The quantitative estimate of drug-likeness (QED) is 0.554. The fourth-order valence-electron chi connectivity index (χ4n) is 1.92. The predicted octanol–water partition coefficient (Wildman–Crippen LogP) is 4.57. The van der Waals surface area contributed by atoms with Crippen molar-refractivity contribution in [1.29, 1.82) is 0 Å². The number of anilines is 1. The number of methoxy groups -OCH3 is 1. The number of hydrogen-bond donors (Lipinski definition) is 2. The molecule has 3 nitrogen and oxygen atoms in total. The predicted molar refractivity (Wildman–Crippen MR) is 105 cm³/mol. The van der Waals surface area contributed by atoms with Gasteiger partial charge in [0.05, 0.1) is 12.1 Å². The molecule has 0 aliphatic rings. The Labute approximate surface area is 151 Å². The lowest BCUT2D eigenvalue weighted by molar-refractivity contribution is 0.415. The van der Waals surface area contributed by atoms with Crippen molar-refractivity contribution in [3.63, 3.8) is 0 Å². The van der Waals surface area contributed by atoms with Gasteiger partial charge < -0.3 is 15.4 Å². The number of ether oxygens (including phenoxy) is 1. The molecule has 0 bridgehead atoms. The molecule has 0 unspecified atom stereocenters. The van der Waals surface area contributed by atoms with Crippen LogP contribution in [0.3, 0.4) is 0 Å². The lowest BCUT2D eigenvalue weighted by Gasteiger charge is -2.11. The molecule has 6 heteroatoms. The maximum absolute atomic E-state index is 6.08. The molecule has 0 aromatic heterocycles. The SMILES string of the molecule is COc1ccc(NC(=S)NCCSCc2ccccc2)cc1Cl. The summed E-state index contributed by atoms with van der Waals surface area (Å²) in [5, 5.41) is 7.45. The highest BCUT2D eigenvalue weighted by atomic mass is 35.5. The smallest absolute Gasteiger partial charge is 0.170 e. The van der Waals surface area contributed by atoms with Crippen LogP contribution < -0.4 is 15.4 Å². The van der Waals surface area contributed by atoms with Gasteiger partial charge in [-0.05, 0) is 36.0 Å². The summed E-state index contributed by atoms with van der Waals surface area (Å²) in [6.45, 7) is 0.813. The van der Waals surface area contributed by atoms with E-state index in [-0.39, 0.29) is 0 Å². The summed E-state index contributed by atoms with van der Waals surface area (Å²) in [6, 6.07) is 15.9. The Morgan fingerprint density at radius 3 is 2.70 bits per heavy atom. The van der Waals surface area contributed by atoms with Gasteiger partial charge >= 0.3 is 0 Å². The first-order valence-electron chi connectivity index (χ1n) is 7.19. The molecule has 0 heterocycles. The van der Waals surface area contributed by atoms with Gasteiger partial charge in [-0.3, -0.25) is 0 Å². The Balaban J connectivity index is 1.66. The van der Waals surface area contributed by atoms with Crippen molar-refractivity contribution in [2.75, 3.05) is 24.7 Å². The minimum absolute atomic E-state index is 0.554. The summed E-state index contributed by atoms with van der Waals surface area (Å²) in [5.41, 5.74) is 2.18. The highest BCUT2D eigenvalue weighted by molar-refractivity contribution is 7.98. The van der Waals surface area contributed by atoms with E-state index in [4.69, 9.17) is 28.6 Å². The third-order valence-corrected chi connectivity index (χ3v) is 4.63. The van der Waals surface area contributed by atoms with Crippen LogP contribution in [-0.2, 0) is 5.75 Å². The van der Waals surface area contributed by atoms with E-state index in [1.54, 1.807) is 13.2 Å². The van der Waals surface area contributed by atoms with E-state index in [0.29, 0.717) is 15.9 Å². The third-order valence-electron chi connectivity index (χ3n) is 3.05. The van der Waals surface area contributed by atoms with Crippen LogP contribution in [0.4, 0.5) is 5.69 Å². The molecule has 0 atom stereocenters. The number of nitrogens with one attached hydrogen (secondary N) is 2. The summed E-state index contributed by atoms with van der Waals surface area (Å²) in [6.07, 6.45) is 0. The van der Waals surface area contributed by atoms with Gasteiger partial charge in [-0.2, -0.15) is 11.8 Å². The standard InChI is InChI=1S/C17H19ClN2OS2/c1-21-16-8-7-14(11-15(16)18)20-17(22)19-9-10-23-12-13-5-3-2-4-6-13/h2-8,11H,9-10,12H2,1H3,(H2,19,20,22). The lowest BCUT2D eigenvalue weighted by atomic mass is 10.2. The van der Waals surface area contributed by atoms with Crippen LogP contribution in [0, 0.1) is 0 Å². The maximum atomic E-state index is 6.08. The molecule has 0 aliphatic heterocycles. The topological polar surface area (TPSA) is 33.3 Å². The Hall–Kier alpha value is -1.43. The number of hydrogen-bond acceptors (Lipinski definition) is 3. The van der Waals surface area contributed by atoms with E-state index < -0.39 is 0 Å². The van der Waals surface area contributed by atoms with Crippen LogP contribution in [0.25, 0.3) is 0 Å². The van der Waals surface area contributed by atoms with E-state index in [2.05, 4.69) is 34.9 Å². The normalized spacial score (nSPS) is 10.2. The molecule has 2 aromatic carbocycles. The van der Waals surface area contributed by atoms with Crippen molar-refractivity contribution in [1.82, 2.24) is 5.32 Å². The van der Waals surface area contributed by atoms with E-state index in [1.807, 2.05) is 30.0 Å². The lowest BCUT2D eigenvalue weighted by Crippen LogP contribution is -2.30. The van der Waals surface area contributed by atoms with Gasteiger partial charge in [0.1, 0.15) is 5.75 Å². The highest BCUT2D eigenvalue weighted by Crippen LogP contribution is 2.27. The second-order valence-electron chi connectivity index (χ2n) is 4.77. The van der Waals surface area contributed by atoms with Gasteiger partial charge in [0.25, 0.3) is 0 Å². The van der Waals surface area contributed by atoms with E-state index in [1.165, 1.54) is 5.56 Å². The molecule has 2 aromatic rings. The zero-order chi connectivity index (χ0) is 16.5. The molecule has 0 aliphatic carbocycles. The molecule has 0 saturated carbocycles. The van der Waals surface area contributed by atoms with Crippen LogP contribution in [0.15, 0.2) is 48.5 Å². The molecule has 0 fully saturated rings. The zero-order valence-corrected chi connectivity index (χ0v) is 15.2. The van der Waals surface area contributed by atoms with Crippen molar-refractivity contribution in [2.24, 2.45) is 0 Å². The van der Waals surface area contributed by atoms with Crippen molar-refractivity contribution in [3.05, 3.63) is 59.1 Å². The summed E-state index contributed by atoms with van der Waals surface area (Å²) in [5.74, 6) is 2.64. The van der Waals surface area contributed by atoms with Crippen molar-refractivity contribution in [2.45, 2.75) is 5.75 Å². The van der Waals surface area contributed by atoms with Crippen molar-refractivity contribution >= 4 is 46.4 Å². The molecule has 2 rings (SSSR count). The van der Waals surface area contributed by atoms with Gasteiger partial charge in [0.15, 0.2) is 5.11 Å². The van der Waals surface area contributed by atoms with Gasteiger partial charge in [-0.25, -0.2) is 0 Å². The highest BCUT2D eigenvalue weighted by Gasteiger charge is 2.03. The first-order valence-corrected chi connectivity index (χ1v) is 9.13. The van der Waals surface area contributed by atoms with Crippen molar-refractivity contribution in [3.8, 4) is 5.75 Å². The summed E-state index contributed by atoms with van der Waals surface area (Å²) >= 11 is 13.2. The molecule has 122 valence electrons. The second kappa shape index (κ2) is 9.65. The third kappa shape index (κ3) is 6.29. The molecular weight excluding hydrogens is 348 g/mol.